The largest absolute Gasteiger partial charge is 0.534 e. The third-order valence-corrected chi connectivity index (χ3v) is 10.1. The van der Waals surface area contributed by atoms with Gasteiger partial charge in [0.25, 0.3) is 23.6 Å². The van der Waals surface area contributed by atoms with Crippen LogP contribution >= 0.6 is 0 Å². The van der Waals surface area contributed by atoms with Crippen LogP contribution in [0.3, 0.4) is 0 Å². The molecule has 25 heteroatoms. The fourth-order valence-corrected chi connectivity index (χ4v) is 6.50. The molecule has 5 N–H and O–H groups in total. The average Bonchev–Trinajstić information content (AvgIpc) is 3.85. The fourth-order valence-electron chi connectivity index (χ4n) is 6.50. The second-order valence-electron chi connectivity index (χ2n) is 16.0. The first-order valence-electron chi connectivity index (χ1n) is 23.6. The maximum atomic E-state index is 13.1. The zero-order valence-electron chi connectivity index (χ0n) is 40.8. The molecule has 2 atom stereocenters. The molecule has 2 saturated heterocycles. The van der Waals surface area contributed by atoms with E-state index in [4.69, 9.17) is 14.2 Å². The zero-order valence-corrected chi connectivity index (χ0v) is 40.8. The number of Topliss-reactive ketones (excluding diaryl/α,β-unsaturated/α-hetero) is 1. The van der Waals surface area contributed by atoms with Gasteiger partial charge >= 0.3 is 12.3 Å². The number of unbranched alkanes of at least 4 members (excludes halogenated alkanes) is 1. The molecule has 2 aliphatic heterocycles. The summed E-state index contributed by atoms with van der Waals surface area (Å²) in [5, 5.41) is 13.9. The van der Waals surface area contributed by atoms with E-state index in [-0.39, 0.29) is 102 Å². The molecule has 2 unspecified atom stereocenters. The number of ether oxygens (including phenoxy) is 4. The molecule has 25 nitrogen and oxygen atoms in total. The minimum absolute atomic E-state index is 0.0274. The van der Waals surface area contributed by atoms with Gasteiger partial charge in [-0.25, -0.2) is 9.59 Å². The van der Waals surface area contributed by atoms with Gasteiger partial charge in [-0.3, -0.25) is 57.6 Å². The molecule has 9 amide bonds. The van der Waals surface area contributed by atoms with Gasteiger partial charge in [-0.05, 0) is 37.3 Å². The van der Waals surface area contributed by atoms with Gasteiger partial charge in [0.2, 0.25) is 29.5 Å². The first kappa shape index (κ1) is 59.5. The van der Waals surface area contributed by atoms with E-state index in [0.29, 0.717) is 49.1 Å². The Labute approximate surface area is 420 Å². The number of hydroxylamine groups is 4. The number of hydrogen-bond donors (Lipinski definition) is 5. The van der Waals surface area contributed by atoms with Gasteiger partial charge in [0.1, 0.15) is 31.7 Å². The molecule has 0 aliphatic carbocycles. The predicted octanol–water partition coefficient (Wildman–Crippen LogP) is 0.803. The van der Waals surface area contributed by atoms with Gasteiger partial charge in [0.05, 0.1) is 19.8 Å². The van der Waals surface area contributed by atoms with Gasteiger partial charge in [-0.2, -0.15) is 0 Å². The van der Waals surface area contributed by atoms with E-state index in [1.807, 2.05) is 30.3 Å². The van der Waals surface area contributed by atoms with Crippen LogP contribution in [0, 0.1) is 0 Å². The number of likely N-dealkylation sites (N-methyl/N-ethyl adjacent to an activating group) is 1. The van der Waals surface area contributed by atoms with Crippen molar-refractivity contribution in [1.29, 1.82) is 0 Å². The maximum absolute atomic E-state index is 13.1. The summed E-state index contributed by atoms with van der Waals surface area (Å²) in [6.45, 7) is 4.40. The number of nitrogens with one attached hydrogen (secondary N) is 5. The van der Waals surface area contributed by atoms with Crippen molar-refractivity contribution in [2.24, 2.45) is 0 Å². The number of nitrogens with zero attached hydrogens (tertiary/aromatic N) is 2. The van der Waals surface area contributed by atoms with Crippen LogP contribution in [0.5, 0.6) is 0 Å². The molecular formula is C48H63N7O18. The summed E-state index contributed by atoms with van der Waals surface area (Å²) in [5.74, 6) is -5.12. The van der Waals surface area contributed by atoms with Crippen molar-refractivity contribution in [3.8, 4) is 0 Å². The molecule has 0 saturated carbocycles. The van der Waals surface area contributed by atoms with Crippen LogP contribution in [0.2, 0.25) is 0 Å². The van der Waals surface area contributed by atoms with Gasteiger partial charge in [-0.1, -0.05) is 70.8 Å². The molecule has 0 aromatic heterocycles. The Kier molecular flexibility index (Phi) is 27.5. The van der Waals surface area contributed by atoms with Crippen LogP contribution in [-0.2, 0) is 89.4 Å². The molecule has 0 bridgehead atoms. The molecule has 2 aromatic carbocycles. The molecule has 73 heavy (non-hydrogen) atoms. The van der Waals surface area contributed by atoms with Crippen LogP contribution in [0.25, 0.3) is 0 Å². The third kappa shape index (κ3) is 24.7. The number of imide groups is 2. The molecular weight excluding hydrogens is 963 g/mol. The molecule has 2 aromatic rings. The molecule has 2 heterocycles. The summed E-state index contributed by atoms with van der Waals surface area (Å²) in [7, 11) is 0. The standard InChI is InChI=1S/C36H45N5O11.C12H18N2O7/c1-2-37-34(47)28(21-25-11-5-3-6-12-25)39-30(43)23-31(44)40-29(22-26-13-7-4-8-14-26)35(48)38-24-27(42)15-9-10-18-50-19-20-51-36(49)52-41-32(45)16-17-33(41)46;1-9(15)13-5-2-6-19-7-8-20-12(18)21-14-10(16)3-4-11(14)17/h3-8,11-14,28-29H,2,9-10,15-24H2,1H3,(H,37,47)(H,38,48)(H,39,43)(H,40,44);2-8H2,1H3,(H,13,15). The smallest absolute Gasteiger partial charge is 0.430 e. The van der Waals surface area contributed by atoms with Crippen molar-refractivity contribution in [2.45, 2.75) is 96.6 Å². The van der Waals surface area contributed by atoms with Gasteiger partial charge in [0.15, 0.2) is 5.78 Å². The number of hydrogen-bond acceptors (Lipinski definition) is 18. The maximum Gasteiger partial charge on any atom is 0.534 e. The van der Waals surface area contributed by atoms with Gasteiger partial charge in [-0.15, -0.1) is 0 Å². The molecule has 0 spiro atoms. The first-order valence-corrected chi connectivity index (χ1v) is 23.6. The number of amides is 9. The number of benzene rings is 2. The van der Waals surface area contributed by atoms with E-state index in [2.05, 4.69) is 41.0 Å². The quantitative estimate of drug-likeness (QED) is 0.0313. The van der Waals surface area contributed by atoms with Crippen molar-refractivity contribution in [3.63, 3.8) is 0 Å². The second kappa shape index (κ2) is 33.7. The Bertz CT molecular complexity index is 2160. The lowest BCUT2D eigenvalue weighted by Gasteiger charge is -2.20. The summed E-state index contributed by atoms with van der Waals surface area (Å²) in [5.41, 5.74) is 1.57. The summed E-state index contributed by atoms with van der Waals surface area (Å²) < 4.78 is 19.9. The number of rotatable bonds is 30. The minimum atomic E-state index is -1.20. The summed E-state index contributed by atoms with van der Waals surface area (Å²) in [6, 6.07) is 16.1. The topological polar surface area (TPSA) is 327 Å². The normalized spacial score (nSPS) is 13.7. The molecule has 4 rings (SSSR count). The highest BCUT2D eigenvalue weighted by Crippen LogP contribution is 2.14. The highest BCUT2D eigenvalue weighted by Gasteiger charge is 2.34. The fraction of sp³-hybridized carbons (Fsp3) is 0.500. The van der Waals surface area contributed by atoms with Crippen LogP contribution in [0.4, 0.5) is 9.59 Å². The summed E-state index contributed by atoms with van der Waals surface area (Å²) in [6.07, 6.45) is -0.863. The molecule has 0 radical (unpaired) electrons. The van der Waals surface area contributed by atoms with E-state index in [0.717, 1.165) is 11.1 Å². The second-order valence-corrected chi connectivity index (χ2v) is 16.0. The van der Waals surface area contributed by atoms with Crippen LogP contribution < -0.4 is 26.6 Å². The van der Waals surface area contributed by atoms with E-state index in [1.165, 1.54) is 6.92 Å². The summed E-state index contributed by atoms with van der Waals surface area (Å²) in [4.78, 5) is 152. The zero-order chi connectivity index (χ0) is 53.4. The Morgan fingerprint density at radius 1 is 0.548 bits per heavy atom. The number of carbonyl (C=O) groups excluding carboxylic acids is 12. The number of ketones is 1. The monoisotopic (exact) mass is 1030 g/mol. The average molecular weight is 1030 g/mol. The van der Waals surface area contributed by atoms with Crippen molar-refractivity contribution in [3.05, 3.63) is 71.8 Å². The molecule has 2 aliphatic rings. The highest BCUT2D eigenvalue weighted by atomic mass is 16.8. The Morgan fingerprint density at radius 2 is 0.986 bits per heavy atom. The predicted molar refractivity (Wildman–Crippen MR) is 251 cm³/mol. The number of carbonyl (C=O) groups is 12. The van der Waals surface area contributed by atoms with Gasteiger partial charge < -0.3 is 45.5 Å². The van der Waals surface area contributed by atoms with Crippen molar-refractivity contribution in [1.82, 2.24) is 36.7 Å². The Morgan fingerprint density at radius 3 is 1.42 bits per heavy atom. The van der Waals surface area contributed by atoms with Crippen molar-refractivity contribution < 1.29 is 86.2 Å². The van der Waals surface area contributed by atoms with Gasteiger partial charge in [0, 0.05) is 78.2 Å². The minimum Gasteiger partial charge on any atom is -0.430 e. The van der Waals surface area contributed by atoms with Crippen molar-refractivity contribution >= 4 is 71.3 Å². The Balaban J connectivity index is 0.000000558. The van der Waals surface area contributed by atoms with Crippen molar-refractivity contribution in [2.75, 3.05) is 59.3 Å². The third-order valence-electron chi connectivity index (χ3n) is 10.1. The molecule has 2 fully saturated rings. The molecule has 398 valence electrons. The first-order chi connectivity index (χ1) is 35.1. The SMILES string of the molecule is CC(=O)NCCCOCCOC(=O)ON1C(=O)CCC1=O.CCNC(=O)C(Cc1ccccc1)NC(=O)CC(=O)NC(Cc1ccccc1)C(=O)NCC(=O)CCCCOCCOC(=O)ON1C(=O)CCC1=O. The lowest BCUT2D eigenvalue weighted by atomic mass is 10.0. The van der Waals surface area contributed by atoms with Crippen LogP contribution in [0.15, 0.2) is 60.7 Å². The Hall–Kier alpha value is -7.80. The van der Waals surface area contributed by atoms with Crippen LogP contribution in [-0.4, -0.2) is 153 Å². The lowest BCUT2D eigenvalue weighted by Crippen LogP contribution is -2.51. The lowest BCUT2D eigenvalue weighted by molar-refractivity contribution is -0.178. The van der Waals surface area contributed by atoms with E-state index < -0.39 is 72.2 Å². The van der Waals surface area contributed by atoms with E-state index in [9.17, 15) is 57.5 Å². The van der Waals surface area contributed by atoms with E-state index in [1.54, 1.807) is 37.3 Å². The summed E-state index contributed by atoms with van der Waals surface area (Å²) >= 11 is 0. The van der Waals surface area contributed by atoms with E-state index >= 15 is 0 Å². The van der Waals surface area contributed by atoms with Crippen LogP contribution in [0.1, 0.15) is 82.8 Å². The highest BCUT2D eigenvalue weighted by molar-refractivity contribution is 6.02.